The summed E-state index contributed by atoms with van der Waals surface area (Å²) in [6, 6.07) is 0. The molecule has 0 aromatic heterocycles. The maximum absolute atomic E-state index is 9.24. The van der Waals surface area contributed by atoms with Gasteiger partial charge in [-0.15, -0.1) is 0 Å². The summed E-state index contributed by atoms with van der Waals surface area (Å²) >= 11 is 0. The van der Waals surface area contributed by atoms with Crippen LogP contribution in [0.5, 0.6) is 0 Å². The third-order valence-electron chi connectivity index (χ3n) is 3.58. The normalized spacial score (nSPS) is 14.2. The van der Waals surface area contributed by atoms with Gasteiger partial charge in [-0.25, -0.2) is 0 Å². The van der Waals surface area contributed by atoms with Gasteiger partial charge in [-0.3, -0.25) is 0 Å². The number of aliphatic hydroxyl groups is 1. The predicted molar refractivity (Wildman–Crippen MR) is 53.4 cm³/mol. The zero-order valence-corrected chi connectivity index (χ0v) is 9.73. The standard InChI is InChI=1S/C9H22OSi/c1-8(2)9(3,4)11(5,6)7-10/h8,10H,7H2,1-6H3. The van der Waals surface area contributed by atoms with E-state index in [1.165, 1.54) is 0 Å². The SMILES string of the molecule is CC(C)C(C)(C)[Si](C)(C)CO. The fraction of sp³-hybridized carbons (Fsp3) is 1.00. The van der Waals surface area contributed by atoms with E-state index < -0.39 is 8.07 Å². The van der Waals surface area contributed by atoms with Gasteiger partial charge < -0.3 is 5.11 Å². The Morgan fingerprint density at radius 1 is 1.27 bits per heavy atom. The van der Waals surface area contributed by atoms with Gasteiger partial charge in [-0.05, 0) is 11.0 Å². The molecule has 0 heterocycles. The van der Waals surface area contributed by atoms with Crippen LogP contribution in [0.15, 0.2) is 0 Å². The lowest BCUT2D eigenvalue weighted by atomic mass is 9.99. The van der Waals surface area contributed by atoms with Crippen LogP contribution < -0.4 is 0 Å². The molecule has 0 fully saturated rings. The van der Waals surface area contributed by atoms with Crippen molar-refractivity contribution in [1.29, 1.82) is 0 Å². The van der Waals surface area contributed by atoms with Crippen LogP contribution in [0.2, 0.25) is 18.1 Å². The highest BCUT2D eigenvalue weighted by Crippen LogP contribution is 2.43. The summed E-state index contributed by atoms with van der Waals surface area (Å²) in [5, 5.41) is 9.58. The fourth-order valence-electron chi connectivity index (χ4n) is 0.985. The molecule has 0 spiro atoms. The van der Waals surface area contributed by atoms with Gasteiger partial charge in [-0.2, -0.15) is 0 Å². The van der Waals surface area contributed by atoms with Crippen molar-refractivity contribution >= 4 is 8.07 Å². The summed E-state index contributed by atoms with van der Waals surface area (Å²) in [4.78, 5) is 0. The first-order valence-corrected chi connectivity index (χ1v) is 7.57. The van der Waals surface area contributed by atoms with Crippen LogP contribution >= 0.6 is 0 Å². The minimum absolute atomic E-state index is 0.335. The Morgan fingerprint density at radius 2 is 1.64 bits per heavy atom. The van der Waals surface area contributed by atoms with Crippen molar-refractivity contribution in [3.63, 3.8) is 0 Å². The van der Waals surface area contributed by atoms with Gasteiger partial charge in [0.2, 0.25) is 0 Å². The number of hydrogen-bond acceptors (Lipinski definition) is 1. The second-order valence-electron chi connectivity index (χ2n) is 4.92. The molecule has 0 aliphatic carbocycles. The molecule has 0 bridgehead atoms. The largest absolute Gasteiger partial charge is 0.400 e. The molecular formula is C9H22OSi. The lowest BCUT2D eigenvalue weighted by molar-refractivity contribution is 0.339. The van der Waals surface area contributed by atoms with Crippen molar-refractivity contribution < 1.29 is 5.11 Å². The highest BCUT2D eigenvalue weighted by atomic mass is 28.3. The summed E-state index contributed by atoms with van der Waals surface area (Å²) in [6.45, 7) is 13.6. The summed E-state index contributed by atoms with van der Waals surface area (Å²) in [7, 11) is -1.41. The zero-order chi connectivity index (χ0) is 9.28. The van der Waals surface area contributed by atoms with Crippen LogP contribution in [-0.2, 0) is 0 Å². The van der Waals surface area contributed by atoms with E-state index in [2.05, 4.69) is 40.8 Å². The van der Waals surface area contributed by atoms with Gasteiger partial charge in [0.05, 0.1) is 8.07 Å². The summed E-state index contributed by atoms with van der Waals surface area (Å²) in [6.07, 6.45) is 0.401. The Labute approximate surface area is 71.8 Å². The van der Waals surface area contributed by atoms with Crippen molar-refractivity contribution in [2.45, 2.75) is 45.8 Å². The van der Waals surface area contributed by atoms with Crippen molar-refractivity contribution in [3.05, 3.63) is 0 Å². The van der Waals surface area contributed by atoms with E-state index in [1.807, 2.05) is 0 Å². The minimum Gasteiger partial charge on any atom is -0.400 e. The molecule has 0 unspecified atom stereocenters. The van der Waals surface area contributed by atoms with Gasteiger partial charge >= 0.3 is 0 Å². The Morgan fingerprint density at radius 3 is 1.73 bits per heavy atom. The average Bonchev–Trinajstić information content (AvgIpc) is 1.87. The lowest BCUT2D eigenvalue weighted by Crippen LogP contribution is -2.45. The molecule has 0 aliphatic rings. The molecule has 0 saturated heterocycles. The molecule has 0 aromatic rings. The molecule has 0 radical (unpaired) electrons. The van der Waals surface area contributed by atoms with E-state index in [-0.39, 0.29) is 0 Å². The Hall–Kier alpha value is 0.177. The van der Waals surface area contributed by atoms with E-state index >= 15 is 0 Å². The van der Waals surface area contributed by atoms with Crippen LogP contribution in [0.1, 0.15) is 27.7 Å². The Kier molecular flexibility index (Phi) is 3.33. The smallest absolute Gasteiger partial charge is 0.0830 e. The van der Waals surface area contributed by atoms with Crippen LogP contribution in [0.3, 0.4) is 0 Å². The van der Waals surface area contributed by atoms with Gasteiger partial charge in [-0.1, -0.05) is 40.8 Å². The average molecular weight is 174 g/mol. The highest BCUT2D eigenvalue weighted by Gasteiger charge is 2.40. The van der Waals surface area contributed by atoms with Crippen molar-refractivity contribution in [2.24, 2.45) is 5.92 Å². The topological polar surface area (TPSA) is 20.2 Å². The number of hydrogen-bond donors (Lipinski definition) is 1. The minimum atomic E-state index is -1.41. The molecular weight excluding hydrogens is 152 g/mol. The van der Waals surface area contributed by atoms with Gasteiger partial charge in [0, 0.05) is 6.23 Å². The first kappa shape index (κ1) is 11.2. The molecule has 0 saturated carbocycles. The third kappa shape index (κ3) is 2.06. The van der Waals surface area contributed by atoms with E-state index in [0.717, 1.165) is 0 Å². The maximum atomic E-state index is 9.24. The summed E-state index contributed by atoms with van der Waals surface area (Å²) in [5.41, 5.74) is 0. The first-order valence-electron chi connectivity index (χ1n) is 4.36. The summed E-state index contributed by atoms with van der Waals surface area (Å²) < 4.78 is 0. The second kappa shape index (κ2) is 3.28. The Bertz CT molecular complexity index is 128. The van der Waals surface area contributed by atoms with Crippen LogP contribution in [0.25, 0.3) is 0 Å². The quantitative estimate of drug-likeness (QED) is 0.652. The molecule has 0 amide bonds. The van der Waals surface area contributed by atoms with Crippen molar-refractivity contribution in [3.8, 4) is 0 Å². The molecule has 0 aromatic carbocycles. The van der Waals surface area contributed by atoms with Crippen LogP contribution in [0.4, 0.5) is 0 Å². The highest BCUT2D eigenvalue weighted by molar-refractivity contribution is 6.80. The van der Waals surface area contributed by atoms with Gasteiger partial charge in [0.1, 0.15) is 0 Å². The fourth-order valence-corrected chi connectivity index (χ4v) is 2.96. The third-order valence-corrected chi connectivity index (χ3v) is 8.44. The number of aliphatic hydroxyl groups excluding tert-OH is 1. The van der Waals surface area contributed by atoms with E-state index in [9.17, 15) is 5.11 Å². The molecule has 0 atom stereocenters. The van der Waals surface area contributed by atoms with E-state index in [1.54, 1.807) is 0 Å². The van der Waals surface area contributed by atoms with Gasteiger partial charge in [0.15, 0.2) is 0 Å². The Balaban J connectivity index is 4.53. The summed E-state index contributed by atoms with van der Waals surface area (Å²) in [5.74, 6) is 0.663. The first-order chi connectivity index (χ1) is 4.75. The molecule has 11 heavy (non-hydrogen) atoms. The monoisotopic (exact) mass is 174 g/mol. The van der Waals surface area contributed by atoms with Crippen LogP contribution in [0, 0.1) is 5.92 Å². The van der Waals surface area contributed by atoms with Crippen LogP contribution in [-0.4, -0.2) is 19.4 Å². The van der Waals surface area contributed by atoms with E-state index in [4.69, 9.17) is 0 Å². The molecule has 0 rings (SSSR count). The maximum Gasteiger partial charge on any atom is 0.0830 e. The molecule has 2 heteroatoms. The zero-order valence-electron chi connectivity index (χ0n) is 8.73. The predicted octanol–water partition coefficient (Wildman–Crippen LogP) is 2.66. The lowest BCUT2D eigenvalue weighted by Gasteiger charge is -2.42. The molecule has 0 aliphatic heterocycles. The van der Waals surface area contributed by atoms with Gasteiger partial charge in [0.25, 0.3) is 0 Å². The molecule has 68 valence electrons. The molecule has 1 N–H and O–H groups in total. The van der Waals surface area contributed by atoms with Crippen molar-refractivity contribution in [1.82, 2.24) is 0 Å². The molecule has 1 nitrogen and oxygen atoms in total. The van der Waals surface area contributed by atoms with Crippen molar-refractivity contribution in [2.75, 3.05) is 6.23 Å². The second-order valence-corrected chi connectivity index (χ2v) is 10.3. The number of rotatable bonds is 3. The van der Waals surface area contributed by atoms with E-state index in [0.29, 0.717) is 17.2 Å².